The summed E-state index contributed by atoms with van der Waals surface area (Å²) in [6.07, 6.45) is -79.7. The monoisotopic (exact) mass is 1630 g/mol. The van der Waals surface area contributed by atoms with Gasteiger partial charge in [-0.3, -0.25) is 19.2 Å². The van der Waals surface area contributed by atoms with E-state index in [1.165, 1.54) is 6.92 Å². The number of nitrogens with one attached hydrogen (secondary N) is 4. The van der Waals surface area contributed by atoms with Crippen LogP contribution in [0.4, 0.5) is 0 Å². The van der Waals surface area contributed by atoms with Gasteiger partial charge in [-0.15, -0.1) is 0 Å². The maximum Gasteiger partial charge on any atom is 0.217 e. The van der Waals surface area contributed by atoms with Crippen molar-refractivity contribution in [1.82, 2.24) is 21.3 Å². The van der Waals surface area contributed by atoms with Crippen LogP contribution in [0.25, 0.3) is 0 Å². The molecule has 0 aromatic rings. The summed E-state index contributed by atoms with van der Waals surface area (Å²) in [5.74, 6) is -3.65. The summed E-state index contributed by atoms with van der Waals surface area (Å²) in [5.41, 5.74) is 0. The lowest BCUT2D eigenvalue weighted by Gasteiger charge is -2.50. The molecule has 0 spiro atoms. The van der Waals surface area contributed by atoms with Crippen LogP contribution >= 0.6 is 0 Å². The number of amides is 4. The molecule has 8 heterocycles. The Bertz CT molecular complexity index is 2900. The van der Waals surface area contributed by atoms with Gasteiger partial charge in [-0.05, 0) is 6.92 Å². The zero-order valence-electron chi connectivity index (χ0n) is 60.1. The van der Waals surface area contributed by atoms with Gasteiger partial charge >= 0.3 is 0 Å². The highest BCUT2D eigenvalue weighted by molar-refractivity contribution is 5.74. The minimum absolute atomic E-state index is 0.890. The Balaban J connectivity index is 0.969. The molecule has 8 saturated heterocycles. The predicted molar refractivity (Wildman–Crippen MR) is 344 cm³/mol. The average molecular weight is 1630 g/mol. The molecule has 8 aliphatic heterocycles. The lowest BCUT2D eigenvalue weighted by Crippen LogP contribution is -2.70. The summed E-state index contributed by atoms with van der Waals surface area (Å²) in [6.45, 7) is -4.66. The van der Waals surface area contributed by atoms with Crippen LogP contribution < -0.4 is 21.3 Å². The zero-order chi connectivity index (χ0) is 82.2. The fourth-order valence-electron chi connectivity index (χ4n) is 14.0. The van der Waals surface area contributed by atoms with Crippen molar-refractivity contribution in [3.05, 3.63) is 0 Å². The highest BCUT2D eigenvalue weighted by atomic mass is 16.8. The molecule has 0 saturated carbocycles. The topological polar surface area (TPSA) is 770 Å². The second-order valence-electron chi connectivity index (χ2n) is 27.9. The Labute approximate surface area is 629 Å². The molecule has 49 heteroatoms. The van der Waals surface area contributed by atoms with Crippen molar-refractivity contribution in [3.8, 4) is 0 Å². The van der Waals surface area contributed by atoms with Crippen molar-refractivity contribution in [2.75, 3.05) is 59.5 Å². The fraction of sp³-hybridized carbons (Fsp3) is 0.935. The second-order valence-corrected chi connectivity index (χ2v) is 27.9. The maximum atomic E-state index is 12.9. The van der Waals surface area contributed by atoms with Crippen molar-refractivity contribution in [3.63, 3.8) is 0 Å². The SMILES string of the molecule is CC(=O)N[C@H]1[C@H](O[C@H]2[C@@H](O)[C@@H](CO)O[C@@H](O[C@@H]([C@@H](O)[C@H](O)CO[C@@H]3O[C@H](CO)[C@@H](O[C@@H]4O[C@H](CO)[C@H](O)[C@H](O[C@@H]5O[C@H](CO)[C@@H](O[C@@H]6O[C@H](CO)[C@H](O)[C@H](O)[C@H]6O[C@@H]6O[C@@H](C)[C@@H](O)[C@@H](O)[C@@H]6O)[C@H](O)[C@H]5NC(C)=O)[C@H]4O)[C@H](O)[C@H]3NC(C)=O)[C@H](CO)NC(C)=O)[C@@H]2O)O[C@H](CO)[C@@H](O[C@@H]2O[C@H](CO)[C@H](O)[C@H](O)[C@H]2O)[C@@H]1O. The second kappa shape index (κ2) is 41.1. The molecule has 8 fully saturated rings. The highest BCUT2D eigenvalue weighted by Gasteiger charge is 2.60. The van der Waals surface area contributed by atoms with Gasteiger partial charge < -0.3 is 225 Å². The van der Waals surface area contributed by atoms with Gasteiger partial charge in [-0.25, -0.2) is 0 Å². The molecule has 644 valence electrons. The van der Waals surface area contributed by atoms with Crippen molar-refractivity contribution in [2.24, 2.45) is 0 Å². The number of hydrogen-bond acceptors (Lipinski definition) is 45. The van der Waals surface area contributed by atoms with Crippen molar-refractivity contribution in [2.45, 2.75) is 304 Å². The molecule has 0 aromatic heterocycles. The van der Waals surface area contributed by atoms with Gasteiger partial charge in [0.05, 0.1) is 71.6 Å². The Morgan fingerprint density at radius 2 is 0.649 bits per heavy atom. The van der Waals surface area contributed by atoms with E-state index in [2.05, 4.69) is 21.3 Å². The predicted octanol–water partition coefficient (Wildman–Crippen LogP) is -19.4. The van der Waals surface area contributed by atoms with Crippen LogP contribution in [0.5, 0.6) is 0 Å². The van der Waals surface area contributed by atoms with Crippen LogP contribution in [0.2, 0.25) is 0 Å². The van der Waals surface area contributed by atoms with Gasteiger partial charge in [0.1, 0.15) is 207 Å². The van der Waals surface area contributed by atoms with Crippen LogP contribution in [-0.4, -0.2) is 481 Å². The van der Waals surface area contributed by atoms with Crippen molar-refractivity contribution < 1.29 is 223 Å². The Morgan fingerprint density at radius 1 is 0.324 bits per heavy atom. The maximum absolute atomic E-state index is 12.9. The van der Waals surface area contributed by atoms with Crippen LogP contribution in [0.3, 0.4) is 0 Å². The average Bonchev–Trinajstić information content (AvgIpc) is 0.775. The molecule has 0 radical (unpaired) electrons. The zero-order valence-corrected chi connectivity index (χ0v) is 60.1. The number of rotatable bonds is 32. The summed E-state index contributed by atoms with van der Waals surface area (Å²) >= 11 is 0. The van der Waals surface area contributed by atoms with E-state index < -0.39 is 353 Å². The van der Waals surface area contributed by atoms with E-state index in [9.17, 15) is 147 Å². The normalized spacial score (nSPS) is 46.3. The fourth-order valence-corrected chi connectivity index (χ4v) is 14.0. The van der Waals surface area contributed by atoms with Crippen LogP contribution in [0.15, 0.2) is 0 Å². The molecule has 0 bridgehead atoms. The van der Waals surface area contributed by atoms with Gasteiger partial charge in [-0.1, -0.05) is 0 Å². The molecule has 29 N–H and O–H groups in total. The molecular weight excluding hydrogens is 1520 g/mol. The minimum Gasteiger partial charge on any atom is -0.394 e. The van der Waals surface area contributed by atoms with Gasteiger partial charge in [0.25, 0.3) is 0 Å². The molecule has 0 aromatic carbocycles. The first kappa shape index (κ1) is 92.7. The summed E-state index contributed by atoms with van der Waals surface area (Å²) in [5, 5.41) is 284. The quantitative estimate of drug-likeness (QED) is 0.0297. The van der Waals surface area contributed by atoms with Crippen LogP contribution in [0.1, 0.15) is 34.6 Å². The van der Waals surface area contributed by atoms with E-state index in [1.54, 1.807) is 0 Å². The number of ether oxygens (including phenoxy) is 16. The number of aliphatic hydroxyl groups is 25. The minimum atomic E-state index is -2.45. The summed E-state index contributed by atoms with van der Waals surface area (Å²) < 4.78 is 93.0. The third-order valence-corrected chi connectivity index (χ3v) is 20.0. The van der Waals surface area contributed by atoms with E-state index in [0.29, 0.717) is 0 Å². The van der Waals surface area contributed by atoms with Gasteiger partial charge in [0.2, 0.25) is 23.6 Å². The van der Waals surface area contributed by atoms with Gasteiger partial charge in [0, 0.05) is 27.7 Å². The number of hydrogen-bond donors (Lipinski definition) is 29. The molecule has 4 amide bonds. The molecule has 49 nitrogen and oxygen atoms in total. The number of aliphatic hydroxyl groups excluding tert-OH is 25. The largest absolute Gasteiger partial charge is 0.394 e. The van der Waals surface area contributed by atoms with E-state index in [1.807, 2.05) is 0 Å². The van der Waals surface area contributed by atoms with E-state index >= 15 is 0 Å². The Morgan fingerprint density at radius 3 is 1.06 bits per heavy atom. The first-order valence-corrected chi connectivity index (χ1v) is 35.4. The first-order chi connectivity index (χ1) is 52.4. The third kappa shape index (κ3) is 21.2. The summed E-state index contributed by atoms with van der Waals surface area (Å²) in [4.78, 5) is 50.9. The number of carbonyl (C=O) groups is 4. The summed E-state index contributed by atoms with van der Waals surface area (Å²) in [7, 11) is 0. The lowest BCUT2D eigenvalue weighted by molar-refractivity contribution is -0.390. The van der Waals surface area contributed by atoms with Gasteiger partial charge in [0.15, 0.2) is 50.3 Å². The first-order valence-electron chi connectivity index (χ1n) is 35.4. The third-order valence-electron chi connectivity index (χ3n) is 20.0. The van der Waals surface area contributed by atoms with Crippen LogP contribution in [0, 0.1) is 0 Å². The molecule has 44 atom stereocenters. The standard InChI is InChI=1S/C62H106N4O45/c1-15-32(80)41(89)44(92)58(97-15)111-54-43(91)35(83)23(8-69)101-62(54)108-51-28(13-74)104-57(31(40(51)88)66-19(5)78)110-53-37(85)25(10-71)100-61(47(53)95)107-49-26(11-72)102-55(29(38(49)86)64-17(3)76)96-14-21(79)33(81)48(20(6-67)63-16(2)75)105-60-46(94)52(36(84)24(9-70)99-60)109-56-30(65-18(4)77)39(87)50(27(12-73)103-56)106-59-45(93)42(90)34(82)22(7-68)98-59/h15,20-62,67-74,79-95H,6-14H2,1-5H3,(H,63,75)(H,64,76)(H,65,77)(H,66,78)/t15-,20-,21+,22+,23+,24+,25+,26+,27+,28+,29+,30+,31+,32+,33-,34-,35-,36-,37-,38+,39+,40+,41+,42-,43-,44-,45+,46+,47+,48+,49+,50+,51+,52-,53-,54+,55+,56-,57-,58-,59-,60-,61-,62-/m0/s1. The van der Waals surface area contributed by atoms with E-state index in [0.717, 1.165) is 27.7 Å². The molecule has 0 unspecified atom stereocenters. The van der Waals surface area contributed by atoms with Crippen LogP contribution in [-0.2, 0) is 95.0 Å². The molecule has 0 aliphatic carbocycles. The van der Waals surface area contributed by atoms with Crippen molar-refractivity contribution in [1.29, 1.82) is 0 Å². The van der Waals surface area contributed by atoms with Gasteiger partial charge in [-0.2, -0.15) is 0 Å². The Kier molecular flexibility index (Phi) is 34.3. The molecule has 8 aliphatic rings. The number of carbonyl (C=O) groups excluding carboxylic acids is 4. The molecular formula is C62H106N4O45. The van der Waals surface area contributed by atoms with E-state index in [-0.39, 0.29) is 0 Å². The highest BCUT2D eigenvalue weighted by Crippen LogP contribution is 2.39. The van der Waals surface area contributed by atoms with E-state index in [4.69, 9.17) is 75.8 Å². The smallest absolute Gasteiger partial charge is 0.217 e. The molecule has 111 heavy (non-hydrogen) atoms. The van der Waals surface area contributed by atoms with Crippen molar-refractivity contribution >= 4 is 23.6 Å². The summed E-state index contributed by atoms with van der Waals surface area (Å²) in [6, 6.07) is -7.39. The molecule has 8 rings (SSSR count). The lowest BCUT2D eigenvalue weighted by atomic mass is 9.94. The Hall–Kier alpha value is -3.76.